The van der Waals surface area contributed by atoms with Crippen LogP contribution in [0.3, 0.4) is 0 Å². The number of ether oxygens (including phenoxy) is 1. The zero-order valence-electron chi connectivity index (χ0n) is 11.2. The molecular formula is C14H17BrN4O. The molecule has 6 heteroatoms. The van der Waals surface area contributed by atoms with E-state index in [9.17, 15) is 0 Å². The first-order valence-electron chi connectivity index (χ1n) is 6.78. The van der Waals surface area contributed by atoms with Crippen molar-refractivity contribution in [1.82, 2.24) is 20.2 Å². The number of hydrogen-bond donors (Lipinski definition) is 0. The number of aromatic nitrogens is 4. The maximum absolute atomic E-state index is 5.45. The van der Waals surface area contributed by atoms with Crippen molar-refractivity contribution in [2.45, 2.75) is 19.4 Å². The van der Waals surface area contributed by atoms with Crippen molar-refractivity contribution in [3.05, 3.63) is 30.3 Å². The molecule has 0 amide bonds. The number of alkyl halides is 1. The summed E-state index contributed by atoms with van der Waals surface area (Å²) in [6.07, 6.45) is 2.06. The molecule has 1 aliphatic heterocycles. The molecule has 1 fully saturated rings. The molecule has 0 bridgehead atoms. The van der Waals surface area contributed by atoms with E-state index in [0.29, 0.717) is 5.82 Å². The molecule has 1 aromatic heterocycles. The molecule has 0 atom stereocenters. The fourth-order valence-electron chi connectivity index (χ4n) is 2.45. The van der Waals surface area contributed by atoms with E-state index < -0.39 is 0 Å². The molecule has 1 aromatic carbocycles. The van der Waals surface area contributed by atoms with Gasteiger partial charge in [0.05, 0.1) is 6.54 Å². The van der Waals surface area contributed by atoms with Crippen molar-refractivity contribution < 1.29 is 4.74 Å². The largest absolute Gasteiger partial charge is 0.381 e. The highest BCUT2D eigenvalue weighted by atomic mass is 79.9. The monoisotopic (exact) mass is 336 g/mol. The van der Waals surface area contributed by atoms with Gasteiger partial charge in [0, 0.05) is 29.5 Å². The van der Waals surface area contributed by atoms with E-state index in [2.05, 4.69) is 31.3 Å². The summed E-state index contributed by atoms with van der Waals surface area (Å²) in [5, 5.41) is 13.8. The van der Waals surface area contributed by atoms with Crippen LogP contribution in [0.5, 0.6) is 0 Å². The molecule has 2 heterocycles. The van der Waals surface area contributed by atoms with Crippen LogP contribution in [0.4, 0.5) is 0 Å². The molecule has 0 unspecified atom stereocenters. The number of benzene rings is 1. The van der Waals surface area contributed by atoms with Crippen molar-refractivity contribution in [3.8, 4) is 11.4 Å². The van der Waals surface area contributed by atoms with Crippen LogP contribution in [0, 0.1) is 5.41 Å². The normalized spacial score (nSPS) is 18.1. The highest BCUT2D eigenvalue weighted by Crippen LogP contribution is 2.34. The molecule has 0 saturated carbocycles. The summed E-state index contributed by atoms with van der Waals surface area (Å²) in [6, 6.07) is 9.94. The van der Waals surface area contributed by atoms with E-state index in [4.69, 9.17) is 4.74 Å². The van der Waals surface area contributed by atoms with E-state index in [1.807, 2.05) is 30.3 Å². The predicted molar refractivity (Wildman–Crippen MR) is 79.5 cm³/mol. The van der Waals surface area contributed by atoms with Crippen LogP contribution in [0.15, 0.2) is 30.3 Å². The predicted octanol–water partition coefficient (Wildman–Crippen LogP) is 2.53. The molecule has 106 valence electrons. The average molecular weight is 337 g/mol. The molecule has 1 aliphatic rings. The van der Waals surface area contributed by atoms with Gasteiger partial charge in [0.2, 0.25) is 5.82 Å². The van der Waals surface area contributed by atoms with Gasteiger partial charge in [0.15, 0.2) is 0 Å². The Kier molecular flexibility index (Phi) is 4.12. The standard InChI is InChI=1S/C14H17BrN4O/c15-10-14(6-8-20-9-7-14)11-19-17-13(16-18-19)12-4-2-1-3-5-12/h1-5H,6-11H2. The summed E-state index contributed by atoms with van der Waals surface area (Å²) in [4.78, 5) is 1.72. The Morgan fingerprint density at radius 1 is 1.20 bits per heavy atom. The molecule has 0 aliphatic carbocycles. The minimum Gasteiger partial charge on any atom is -0.381 e. The van der Waals surface area contributed by atoms with Crippen LogP contribution in [0.1, 0.15) is 12.8 Å². The van der Waals surface area contributed by atoms with E-state index in [0.717, 1.165) is 43.5 Å². The minimum absolute atomic E-state index is 0.174. The van der Waals surface area contributed by atoms with Crippen molar-refractivity contribution in [2.75, 3.05) is 18.5 Å². The first-order chi connectivity index (χ1) is 9.81. The average Bonchev–Trinajstić information content (AvgIpc) is 2.97. The summed E-state index contributed by atoms with van der Waals surface area (Å²) in [5.41, 5.74) is 1.17. The van der Waals surface area contributed by atoms with Gasteiger partial charge >= 0.3 is 0 Å². The summed E-state index contributed by atoms with van der Waals surface area (Å²) in [5.74, 6) is 0.683. The van der Waals surface area contributed by atoms with Gasteiger partial charge in [-0.2, -0.15) is 4.80 Å². The Hall–Kier alpha value is -1.27. The van der Waals surface area contributed by atoms with E-state index in [-0.39, 0.29) is 5.41 Å². The van der Waals surface area contributed by atoms with Gasteiger partial charge in [-0.1, -0.05) is 46.3 Å². The number of hydrogen-bond acceptors (Lipinski definition) is 4. The zero-order valence-corrected chi connectivity index (χ0v) is 12.8. The number of rotatable bonds is 4. The van der Waals surface area contributed by atoms with Crippen LogP contribution < -0.4 is 0 Å². The fraction of sp³-hybridized carbons (Fsp3) is 0.500. The third kappa shape index (κ3) is 2.91. The number of nitrogens with zero attached hydrogens (tertiary/aromatic N) is 4. The molecule has 20 heavy (non-hydrogen) atoms. The van der Waals surface area contributed by atoms with Gasteiger partial charge in [-0.3, -0.25) is 0 Å². The smallest absolute Gasteiger partial charge is 0.204 e. The Labute approximate surface area is 126 Å². The number of halogens is 1. The molecule has 5 nitrogen and oxygen atoms in total. The topological polar surface area (TPSA) is 52.8 Å². The minimum atomic E-state index is 0.174. The third-order valence-electron chi connectivity index (χ3n) is 3.80. The van der Waals surface area contributed by atoms with Crippen molar-refractivity contribution in [1.29, 1.82) is 0 Å². The van der Waals surface area contributed by atoms with E-state index >= 15 is 0 Å². The lowest BCUT2D eigenvalue weighted by Crippen LogP contribution is -2.36. The second-order valence-electron chi connectivity index (χ2n) is 5.26. The van der Waals surface area contributed by atoms with Crippen LogP contribution in [0.2, 0.25) is 0 Å². The van der Waals surface area contributed by atoms with Crippen LogP contribution in [-0.2, 0) is 11.3 Å². The number of tetrazole rings is 1. The lowest BCUT2D eigenvalue weighted by Gasteiger charge is -2.34. The van der Waals surface area contributed by atoms with Gasteiger partial charge in [0.25, 0.3) is 0 Å². The molecule has 0 spiro atoms. The van der Waals surface area contributed by atoms with Gasteiger partial charge in [0.1, 0.15) is 0 Å². The summed E-state index contributed by atoms with van der Waals surface area (Å²) in [7, 11) is 0. The third-order valence-corrected chi connectivity index (χ3v) is 4.99. The first kappa shape index (κ1) is 13.7. The van der Waals surface area contributed by atoms with Gasteiger partial charge < -0.3 is 4.74 Å². The quantitative estimate of drug-likeness (QED) is 0.805. The molecule has 1 saturated heterocycles. The van der Waals surface area contributed by atoms with Crippen LogP contribution >= 0.6 is 15.9 Å². The van der Waals surface area contributed by atoms with E-state index in [1.165, 1.54) is 0 Å². The summed E-state index contributed by atoms with van der Waals surface area (Å²) in [6.45, 7) is 2.40. The van der Waals surface area contributed by atoms with Crippen LogP contribution in [-0.4, -0.2) is 38.8 Å². The molecule has 2 aromatic rings. The molecule has 0 radical (unpaired) electrons. The Bertz CT molecular complexity index is 551. The lowest BCUT2D eigenvalue weighted by atomic mass is 9.82. The Morgan fingerprint density at radius 3 is 2.65 bits per heavy atom. The maximum Gasteiger partial charge on any atom is 0.204 e. The lowest BCUT2D eigenvalue weighted by molar-refractivity contribution is 0.0147. The van der Waals surface area contributed by atoms with Gasteiger partial charge in [-0.25, -0.2) is 0 Å². The highest BCUT2D eigenvalue weighted by Gasteiger charge is 2.33. The fourth-order valence-corrected chi connectivity index (χ4v) is 3.19. The van der Waals surface area contributed by atoms with Crippen molar-refractivity contribution >= 4 is 15.9 Å². The second-order valence-corrected chi connectivity index (χ2v) is 5.82. The summed E-state index contributed by atoms with van der Waals surface area (Å²) < 4.78 is 5.45. The summed E-state index contributed by atoms with van der Waals surface area (Å²) >= 11 is 3.63. The Morgan fingerprint density at radius 2 is 1.95 bits per heavy atom. The molecular weight excluding hydrogens is 320 g/mol. The second kappa shape index (κ2) is 6.01. The van der Waals surface area contributed by atoms with Crippen molar-refractivity contribution in [3.63, 3.8) is 0 Å². The Balaban J connectivity index is 1.77. The van der Waals surface area contributed by atoms with Crippen molar-refractivity contribution in [2.24, 2.45) is 5.41 Å². The van der Waals surface area contributed by atoms with E-state index in [1.54, 1.807) is 4.80 Å². The molecule has 0 N–H and O–H groups in total. The zero-order chi connectivity index (χ0) is 13.8. The van der Waals surface area contributed by atoms with Gasteiger partial charge in [-0.05, 0) is 18.1 Å². The molecule has 3 rings (SSSR count). The highest BCUT2D eigenvalue weighted by molar-refractivity contribution is 9.09. The maximum atomic E-state index is 5.45. The first-order valence-corrected chi connectivity index (χ1v) is 7.90. The SMILES string of the molecule is BrCC1(Cn2nnc(-c3ccccc3)n2)CCOCC1. The van der Waals surface area contributed by atoms with Gasteiger partial charge in [-0.15, -0.1) is 10.2 Å². The van der Waals surface area contributed by atoms with Crippen LogP contribution in [0.25, 0.3) is 11.4 Å².